The minimum absolute atomic E-state index is 0.264. The number of rotatable bonds is 7. The minimum atomic E-state index is 0.264. The summed E-state index contributed by atoms with van der Waals surface area (Å²) in [7, 11) is 0. The Morgan fingerprint density at radius 1 is 1.05 bits per heavy atom. The molecule has 1 aliphatic rings. The second-order valence-electron chi connectivity index (χ2n) is 7.33. The van der Waals surface area contributed by atoms with Gasteiger partial charge in [0.15, 0.2) is 0 Å². The first kappa shape index (κ1) is 16.9. The predicted molar refractivity (Wildman–Crippen MR) is 84.6 cm³/mol. The molecular weight excluding hydrogens is 234 g/mol. The monoisotopic (exact) mass is 269 g/mol. The van der Waals surface area contributed by atoms with Crippen LogP contribution in [0.3, 0.4) is 0 Å². The maximum Gasteiger partial charge on any atom is 0.0278 e. The largest absolute Gasteiger partial charge is 0.315 e. The summed E-state index contributed by atoms with van der Waals surface area (Å²) in [5.41, 5.74) is 0.264. The zero-order chi connectivity index (χ0) is 14.5. The van der Waals surface area contributed by atoms with E-state index in [2.05, 4.69) is 57.1 Å². The van der Waals surface area contributed by atoms with Crippen LogP contribution in [0, 0.1) is 17.8 Å². The first-order valence-corrected chi connectivity index (χ1v) is 8.01. The zero-order valence-corrected chi connectivity index (χ0v) is 13.9. The van der Waals surface area contributed by atoms with Crippen molar-refractivity contribution in [1.29, 1.82) is 0 Å². The van der Waals surface area contributed by atoms with Gasteiger partial charge in [-0.15, -0.1) is 0 Å². The van der Waals surface area contributed by atoms with Gasteiger partial charge >= 0.3 is 0 Å². The van der Waals surface area contributed by atoms with Gasteiger partial charge in [-0.05, 0) is 38.1 Å². The molecule has 0 radical (unpaired) electrons. The Balaban J connectivity index is 2.37. The summed E-state index contributed by atoms with van der Waals surface area (Å²) in [6, 6.07) is 0. The molecule has 1 fully saturated rings. The Kier molecular flexibility index (Phi) is 6.78. The van der Waals surface area contributed by atoms with Crippen LogP contribution in [0.1, 0.15) is 41.5 Å². The Morgan fingerprint density at radius 3 is 2.05 bits per heavy atom. The van der Waals surface area contributed by atoms with Gasteiger partial charge in [-0.25, -0.2) is 0 Å². The fraction of sp³-hybridized carbons (Fsp3) is 1.00. The fourth-order valence-electron chi connectivity index (χ4n) is 3.17. The molecule has 114 valence electrons. The maximum absolute atomic E-state index is 3.72. The summed E-state index contributed by atoms with van der Waals surface area (Å²) in [6.07, 6.45) is 0. The van der Waals surface area contributed by atoms with Gasteiger partial charge in [0.25, 0.3) is 0 Å². The average Bonchev–Trinajstić information content (AvgIpc) is 2.34. The third-order valence-electron chi connectivity index (χ3n) is 4.62. The van der Waals surface area contributed by atoms with Gasteiger partial charge in [0, 0.05) is 38.3 Å². The summed E-state index contributed by atoms with van der Waals surface area (Å²) in [5, 5.41) is 7.15. The lowest BCUT2D eigenvalue weighted by Crippen LogP contribution is -2.57. The van der Waals surface area contributed by atoms with Crippen molar-refractivity contribution < 1.29 is 0 Å². The van der Waals surface area contributed by atoms with Crippen LogP contribution < -0.4 is 10.6 Å². The first-order chi connectivity index (χ1) is 8.84. The smallest absolute Gasteiger partial charge is 0.0278 e. The van der Waals surface area contributed by atoms with Gasteiger partial charge in [0.05, 0.1) is 0 Å². The molecule has 1 saturated heterocycles. The summed E-state index contributed by atoms with van der Waals surface area (Å²) >= 11 is 0. The predicted octanol–water partition coefficient (Wildman–Crippen LogP) is 2.19. The molecule has 0 aromatic carbocycles. The van der Waals surface area contributed by atoms with Gasteiger partial charge in [-0.1, -0.05) is 27.7 Å². The molecule has 2 N–H and O–H groups in total. The quantitative estimate of drug-likeness (QED) is 0.742. The van der Waals surface area contributed by atoms with E-state index in [1.54, 1.807) is 0 Å². The van der Waals surface area contributed by atoms with Crippen molar-refractivity contribution in [2.45, 2.75) is 47.1 Å². The Bertz CT molecular complexity index is 234. The van der Waals surface area contributed by atoms with Crippen molar-refractivity contribution in [3.05, 3.63) is 0 Å². The zero-order valence-electron chi connectivity index (χ0n) is 13.9. The highest BCUT2D eigenvalue weighted by atomic mass is 15.2. The van der Waals surface area contributed by atoms with Crippen molar-refractivity contribution >= 4 is 0 Å². The molecule has 19 heavy (non-hydrogen) atoms. The molecular formula is C16H35N3. The summed E-state index contributed by atoms with van der Waals surface area (Å²) in [6.45, 7) is 20.9. The van der Waals surface area contributed by atoms with Gasteiger partial charge in [0.2, 0.25) is 0 Å². The molecule has 3 nitrogen and oxygen atoms in total. The van der Waals surface area contributed by atoms with Gasteiger partial charge in [-0.3, -0.25) is 4.90 Å². The number of nitrogens with one attached hydrogen (secondary N) is 2. The van der Waals surface area contributed by atoms with Crippen molar-refractivity contribution in [2.75, 3.05) is 39.3 Å². The van der Waals surface area contributed by atoms with Crippen molar-refractivity contribution in [3.8, 4) is 0 Å². The first-order valence-electron chi connectivity index (χ1n) is 8.01. The molecule has 1 heterocycles. The maximum atomic E-state index is 3.72. The van der Waals surface area contributed by atoms with E-state index in [0.29, 0.717) is 0 Å². The topological polar surface area (TPSA) is 27.3 Å². The van der Waals surface area contributed by atoms with E-state index in [1.807, 2.05) is 0 Å². The molecule has 0 atom stereocenters. The molecule has 1 rings (SSSR count). The normalized spacial score (nSPS) is 18.8. The molecule has 0 aliphatic carbocycles. The van der Waals surface area contributed by atoms with Crippen LogP contribution in [-0.2, 0) is 0 Å². The van der Waals surface area contributed by atoms with E-state index in [0.717, 1.165) is 43.9 Å². The highest BCUT2D eigenvalue weighted by molar-refractivity contribution is 4.87. The Hall–Kier alpha value is -0.120. The molecule has 0 aromatic heterocycles. The lowest BCUT2D eigenvalue weighted by atomic mass is 9.85. The van der Waals surface area contributed by atoms with Crippen LogP contribution in [0.15, 0.2) is 0 Å². The van der Waals surface area contributed by atoms with Crippen molar-refractivity contribution in [2.24, 2.45) is 17.8 Å². The standard InChI is InChI=1S/C16H35N3/c1-13(2)15(14(3)4)11-18-12-16(5,6)19-9-7-17-8-10-19/h13-15,17-18H,7-12H2,1-6H3. The van der Waals surface area contributed by atoms with Crippen LogP contribution in [0.2, 0.25) is 0 Å². The van der Waals surface area contributed by atoms with Crippen LogP contribution >= 0.6 is 0 Å². The lowest BCUT2D eigenvalue weighted by Gasteiger charge is -2.41. The molecule has 0 amide bonds. The van der Waals surface area contributed by atoms with E-state index in [1.165, 1.54) is 13.1 Å². The molecule has 3 heteroatoms. The van der Waals surface area contributed by atoms with E-state index in [-0.39, 0.29) is 5.54 Å². The van der Waals surface area contributed by atoms with E-state index in [9.17, 15) is 0 Å². The lowest BCUT2D eigenvalue weighted by molar-refractivity contribution is 0.0993. The van der Waals surface area contributed by atoms with Gasteiger partial charge in [0.1, 0.15) is 0 Å². The third-order valence-corrected chi connectivity index (χ3v) is 4.62. The van der Waals surface area contributed by atoms with Gasteiger partial charge in [-0.2, -0.15) is 0 Å². The van der Waals surface area contributed by atoms with Crippen molar-refractivity contribution in [3.63, 3.8) is 0 Å². The Morgan fingerprint density at radius 2 is 1.58 bits per heavy atom. The molecule has 0 bridgehead atoms. The second kappa shape index (κ2) is 7.61. The second-order valence-corrected chi connectivity index (χ2v) is 7.33. The summed E-state index contributed by atoms with van der Waals surface area (Å²) in [4.78, 5) is 2.61. The minimum Gasteiger partial charge on any atom is -0.315 e. The van der Waals surface area contributed by atoms with Crippen LogP contribution in [0.4, 0.5) is 0 Å². The molecule has 0 aromatic rings. The van der Waals surface area contributed by atoms with Crippen molar-refractivity contribution in [1.82, 2.24) is 15.5 Å². The SMILES string of the molecule is CC(C)C(CNCC(C)(C)N1CCNCC1)C(C)C. The molecule has 1 aliphatic heterocycles. The van der Waals surface area contributed by atoms with E-state index >= 15 is 0 Å². The molecule has 0 unspecified atom stereocenters. The van der Waals surface area contributed by atoms with Gasteiger partial charge < -0.3 is 10.6 Å². The highest BCUT2D eigenvalue weighted by Crippen LogP contribution is 2.20. The van der Waals surface area contributed by atoms with Crippen LogP contribution in [-0.4, -0.2) is 49.7 Å². The summed E-state index contributed by atoms with van der Waals surface area (Å²) < 4.78 is 0. The van der Waals surface area contributed by atoms with Crippen LogP contribution in [0.5, 0.6) is 0 Å². The Labute approximate surface area is 120 Å². The number of piperazine rings is 1. The number of hydrogen-bond donors (Lipinski definition) is 2. The fourth-order valence-corrected chi connectivity index (χ4v) is 3.17. The number of hydrogen-bond acceptors (Lipinski definition) is 3. The van der Waals surface area contributed by atoms with E-state index < -0.39 is 0 Å². The molecule has 0 saturated carbocycles. The van der Waals surface area contributed by atoms with E-state index in [4.69, 9.17) is 0 Å². The highest BCUT2D eigenvalue weighted by Gasteiger charge is 2.28. The third kappa shape index (κ3) is 5.41. The van der Waals surface area contributed by atoms with Crippen LogP contribution in [0.25, 0.3) is 0 Å². The average molecular weight is 269 g/mol. The number of nitrogens with zero attached hydrogens (tertiary/aromatic N) is 1. The summed E-state index contributed by atoms with van der Waals surface area (Å²) in [5.74, 6) is 2.29. The molecule has 0 spiro atoms.